The summed E-state index contributed by atoms with van der Waals surface area (Å²) >= 11 is 0. The molecule has 1 aliphatic heterocycles. The van der Waals surface area contributed by atoms with Crippen molar-refractivity contribution in [2.45, 2.75) is 42.6 Å². The minimum absolute atomic E-state index is 0.172. The number of piperidine rings is 1. The number of nitrogens with one attached hydrogen (secondary N) is 1. The Balaban J connectivity index is 1.46. The van der Waals surface area contributed by atoms with Crippen LogP contribution in [-0.2, 0) is 11.0 Å². The molecule has 170 valence electrons. The molecule has 0 spiro atoms. The van der Waals surface area contributed by atoms with Crippen LogP contribution in [0.3, 0.4) is 0 Å². The summed E-state index contributed by atoms with van der Waals surface area (Å²) in [6, 6.07) is 26.3. The number of aliphatic hydroxyl groups is 1. The molecule has 2 heterocycles. The normalized spacial score (nSPS) is 25.1. The van der Waals surface area contributed by atoms with Gasteiger partial charge >= 0.3 is 0 Å². The number of hydrogen-bond donors (Lipinski definition) is 2. The van der Waals surface area contributed by atoms with E-state index in [9.17, 15) is 5.11 Å². The van der Waals surface area contributed by atoms with Gasteiger partial charge in [0.05, 0.1) is 5.60 Å². The Morgan fingerprint density at radius 2 is 1.50 bits per heavy atom. The summed E-state index contributed by atoms with van der Waals surface area (Å²) in [6.07, 6.45) is 7.57. The van der Waals surface area contributed by atoms with Crippen LogP contribution in [0.2, 0.25) is 0 Å². The monoisotopic (exact) mass is 446 g/mol. The molecule has 1 saturated heterocycles. The van der Waals surface area contributed by atoms with Crippen molar-refractivity contribution in [3.05, 3.63) is 113 Å². The van der Waals surface area contributed by atoms with E-state index in [0.29, 0.717) is 12.3 Å². The average molecular weight is 447 g/mol. The average Bonchev–Trinajstić information content (AvgIpc) is 3.41. The first-order valence-corrected chi connectivity index (χ1v) is 12.7. The van der Waals surface area contributed by atoms with Crippen LogP contribution in [0.5, 0.6) is 0 Å². The highest BCUT2D eigenvalue weighted by Crippen LogP contribution is 2.64. The summed E-state index contributed by atoms with van der Waals surface area (Å²) in [4.78, 5) is 4.62. The zero-order valence-electron chi connectivity index (χ0n) is 19.4. The van der Waals surface area contributed by atoms with Gasteiger partial charge in [0.1, 0.15) is 0 Å². The van der Waals surface area contributed by atoms with Gasteiger partial charge in [0.15, 0.2) is 0 Å². The standard InChI is InChI=1S/C31H30N2O/c34-31(22-13-15-32-16-14-22,29-19-33-18-21-7-1-2-8-23(21)29)20-30-17-26(24-9-3-5-11-27(24)30)25-10-4-6-12-28(25)30/h1-12,18-19,22,26,32,34H,13-17,20H2. The summed E-state index contributed by atoms with van der Waals surface area (Å²) in [6.45, 7) is 1.90. The number of pyridine rings is 1. The number of rotatable bonds is 4. The van der Waals surface area contributed by atoms with Crippen LogP contribution >= 0.6 is 0 Å². The third kappa shape index (κ3) is 2.74. The van der Waals surface area contributed by atoms with E-state index in [0.717, 1.165) is 48.7 Å². The fourth-order valence-electron chi connectivity index (χ4n) is 7.52. The predicted molar refractivity (Wildman–Crippen MR) is 136 cm³/mol. The maximum atomic E-state index is 13.0. The van der Waals surface area contributed by atoms with Crippen molar-refractivity contribution in [2.75, 3.05) is 13.1 Å². The molecule has 1 fully saturated rings. The second-order valence-electron chi connectivity index (χ2n) is 10.5. The van der Waals surface area contributed by atoms with Crippen LogP contribution in [0.15, 0.2) is 85.2 Å². The van der Waals surface area contributed by atoms with E-state index in [2.05, 4.69) is 83.1 Å². The number of fused-ring (bicyclic) bond motifs is 9. The number of hydrogen-bond acceptors (Lipinski definition) is 3. The first-order valence-electron chi connectivity index (χ1n) is 12.7. The van der Waals surface area contributed by atoms with Crippen LogP contribution < -0.4 is 5.32 Å². The first-order chi connectivity index (χ1) is 16.7. The first kappa shape index (κ1) is 20.4. The van der Waals surface area contributed by atoms with Crippen molar-refractivity contribution in [3.8, 4) is 0 Å². The minimum atomic E-state index is -0.963. The zero-order valence-corrected chi connectivity index (χ0v) is 19.4. The van der Waals surface area contributed by atoms with Gasteiger partial charge in [-0.15, -0.1) is 0 Å². The van der Waals surface area contributed by atoms with E-state index < -0.39 is 5.60 Å². The van der Waals surface area contributed by atoms with Crippen LogP contribution in [0, 0.1) is 5.92 Å². The molecule has 3 heteroatoms. The van der Waals surface area contributed by atoms with Gasteiger partial charge in [-0.05, 0) is 72.3 Å². The highest BCUT2D eigenvalue weighted by molar-refractivity contribution is 5.85. The lowest BCUT2D eigenvalue weighted by Crippen LogP contribution is -2.46. The maximum absolute atomic E-state index is 13.0. The molecule has 7 rings (SSSR count). The van der Waals surface area contributed by atoms with Crippen molar-refractivity contribution in [2.24, 2.45) is 5.92 Å². The summed E-state index contributed by atoms with van der Waals surface area (Å²) in [7, 11) is 0. The van der Waals surface area contributed by atoms with Gasteiger partial charge in [0, 0.05) is 34.7 Å². The number of aromatic nitrogens is 1. The van der Waals surface area contributed by atoms with E-state index in [4.69, 9.17) is 0 Å². The zero-order chi connectivity index (χ0) is 22.8. The van der Waals surface area contributed by atoms with Gasteiger partial charge in [-0.25, -0.2) is 0 Å². The van der Waals surface area contributed by atoms with E-state index in [1.807, 2.05) is 12.4 Å². The molecule has 0 saturated carbocycles. The quantitative estimate of drug-likeness (QED) is 0.426. The van der Waals surface area contributed by atoms with Crippen molar-refractivity contribution < 1.29 is 5.11 Å². The topological polar surface area (TPSA) is 45.2 Å². The van der Waals surface area contributed by atoms with Crippen LogP contribution in [0.4, 0.5) is 0 Å². The van der Waals surface area contributed by atoms with Gasteiger partial charge in [0.2, 0.25) is 0 Å². The lowest BCUT2D eigenvalue weighted by molar-refractivity contribution is -0.0555. The Hall–Kier alpha value is -3.01. The van der Waals surface area contributed by atoms with E-state index in [1.165, 1.54) is 22.3 Å². The molecule has 3 aliphatic rings. The molecule has 2 N–H and O–H groups in total. The Morgan fingerprint density at radius 3 is 2.24 bits per heavy atom. The predicted octanol–water partition coefficient (Wildman–Crippen LogP) is 5.65. The minimum Gasteiger partial charge on any atom is -0.385 e. The molecule has 1 aromatic heterocycles. The Morgan fingerprint density at radius 1 is 0.853 bits per heavy atom. The van der Waals surface area contributed by atoms with Crippen LogP contribution in [0.1, 0.15) is 59.4 Å². The fraction of sp³-hybridized carbons (Fsp3) is 0.323. The van der Waals surface area contributed by atoms with Gasteiger partial charge in [-0.1, -0.05) is 72.8 Å². The highest BCUT2D eigenvalue weighted by Gasteiger charge is 2.57. The summed E-state index contributed by atoms with van der Waals surface area (Å²) in [5.74, 6) is 0.616. The molecule has 3 nitrogen and oxygen atoms in total. The van der Waals surface area contributed by atoms with E-state index in [1.54, 1.807) is 0 Å². The molecule has 1 unspecified atom stereocenters. The van der Waals surface area contributed by atoms with E-state index in [-0.39, 0.29) is 11.3 Å². The van der Waals surface area contributed by atoms with Crippen molar-refractivity contribution >= 4 is 10.8 Å². The Bertz CT molecular complexity index is 1340. The third-order valence-corrected chi connectivity index (χ3v) is 8.98. The molecule has 0 radical (unpaired) electrons. The van der Waals surface area contributed by atoms with Crippen molar-refractivity contribution in [1.29, 1.82) is 0 Å². The van der Waals surface area contributed by atoms with Gasteiger partial charge in [-0.2, -0.15) is 0 Å². The van der Waals surface area contributed by atoms with Crippen LogP contribution in [0.25, 0.3) is 10.8 Å². The SMILES string of the molecule is OC(CC12CC(c3ccccc31)c1ccccc12)(c1cncc2ccccc12)C1CCNCC1. The fourth-order valence-corrected chi connectivity index (χ4v) is 7.52. The summed E-state index contributed by atoms with van der Waals surface area (Å²) in [5.41, 5.74) is 5.59. The molecule has 1 atom stereocenters. The van der Waals surface area contributed by atoms with E-state index >= 15 is 0 Å². The number of nitrogens with zero attached hydrogens (tertiary/aromatic N) is 1. The molecular formula is C31H30N2O. The second-order valence-corrected chi connectivity index (χ2v) is 10.5. The molecule has 3 aromatic carbocycles. The van der Waals surface area contributed by atoms with Gasteiger partial charge in [-0.3, -0.25) is 4.98 Å². The summed E-state index contributed by atoms with van der Waals surface area (Å²) in [5, 5.41) is 18.7. The molecule has 4 aromatic rings. The molecule has 0 amide bonds. The Labute approximate surface area is 200 Å². The maximum Gasteiger partial charge on any atom is 0.0958 e. The highest BCUT2D eigenvalue weighted by atomic mass is 16.3. The summed E-state index contributed by atoms with van der Waals surface area (Å²) < 4.78 is 0. The van der Waals surface area contributed by atoms with Gasteiger partial charge < -0.3 is 10.4 Å². The van der Waals surface area contributed by atoms with Crippen LogP contribution in [-0.4, -0.2) is 23.2 Å². The molecule has 34 heavy (non-hydrogen) atoms. The largest absolute Gasteiger partial charge is 0.385 e. The van der Waals surface area contributed by atoms with Crippen molar-refractivity contribution in [1.82, 2.24) is 10.3 Å². The lowest BCUT2D eigenvalue weighted by Gasteiger charge is -2.45. The van der Waals surface area contributed by atoms with Crippen molar-refractivity contribution in [3.63, 3.8) is 0 Å². The molecule has 2 bridgehead atoms. The molecule has 2 aliphatic carbocycles. The number of benzene rings is 3. The third-order valence-electron chi connectivity index (χ3n) is 8.98. The molecular weight excluding hydrogens is 416 g/mol. The Kier molecular flexibility index (Phi) is 4.49. The smallest absolute Gasteiger partial charge is 0.0958 e. The second kappa shape index (κ2) is 7.49. The van der Waals surface area contributed by atoms with Gasteiger partial charge in [0.25, 0.3) is 0 Å². The lowest BCUT2D eigenvalue weighted by atomic mass is 9.63.